The zero-order chi connectivity index (χ0) is 30.5. The zero-order valence-electron chi connectivity index (χ0n) is 26.7. The first kappa shape index (κ1) is 38.0. The van der Waals surface area contributed by atoms with Crippen LogP contribution in [0.1, 0.15) is 142 Å². The molecule has 10 heteroatoms. The van der Waals surface area contributed by atoms with Gasteiger partial charge in [0, 0.05) is 38.3 Å². The first-order valence-corrected chi connectivity index (χ1v) is 16.8. The van der Waals surface area contributed by atoms with Crippen molar-refractivity contribution in [3.05, 3.63) is 0 Å². The van der Waals surface area contributed by atoms with Crippen LogP contribution in [0.25, 0.3) is 0 Å². The van der Waals surface area contributed by atoms with Gasteiger partial charge in [-0.15, -0.1) is 10.6 Å². The van der Waals surface area contributed by atoms with E-state index in [1.165, 1.54) is 70.6 Å². The van der Waals surface area contributed by atoms with Crippen LogP contribution in [0.15, 0.2) is 5.10 Å². The number of amides is 1. The SMILES string of the molecule is CC(=O)[C@@H](C)CCCCNC(=O)COCCOCCCC(=O)CCCCCCCCCCCCCCCC1=NNNN1. The van der Waals surface area contributed by atoms with Gasteiger partial charge >= 0.3 is 0 Å². The summed E-state index contributed by atoms with van der Waals surface area (Å²) in [5.41, 5.74) is 8.45. The van der Waals surface area contributed by atoms with Gasteiger partial charge in [-0.2, -0.15) is 0 Å². The van der Waals surface area contributed by atoms with Crippen molar-refractivity contribution in [1.29, 1.82) is 0 Å². The van der Waals surface area contributed by atoms with Gasteiger partial charge in [-0.3, -0.25) is 19.8 Å². The minimum atomic E-state index is -0.131. The number of hydrogen-bond donors (Lipinski definition) is 4. The molecule has 0 radical (unpaired) electrons. The number of hydrazone groups is 1. The van der Waals surface area contributed by atoms with Crippen LogP contribution in [-0.2, 0) is 23.9 Å². The summed E-state index contributed by atoms with van der Waals surface area (Å²) in [5, 5.41) is 6.92. The Hall–Kier alpha value is -2.04. The minimum absolute atomic E-state index is 0.0267. The van der Waals surface area contributed by atoms with Crippen LogP contribution >= 0.6 is 0 Å². The molecule has 0 aromatic carbocycles. The van der Waals surface area contributed by atoms with Gasteiger partial charge in [0.25, 0.3) is 0 Å². The molecular weight excluding hydrogens is 534 g/mol. The molecule has 1 amide bonds. The Morgan fingerprint density at radius 2 is 1.33 bits per heavy atom. The monoisotopic (exact) mass is 595 g/mol. The molecule has 244 valence electrons. The number of amidine groups is 1. The fourth-order valence-corrected chi connectivity index (χ4v) is 4.84. The zero-order valence-corrected chi connectivity index (χ0v) is 26.7. The van der Waals surface area contributed by atoms with Crippen molar-refractivity contribution in [3.8, 4) is 0 Å². The van der Waals surface area contributed by atoms with Crippen molar-refractivity contribution in [2.75, 3.05) is 33.0 Å². The lowest BCUT2D eigenvalue weighted by Gasteiger charge is -2.08. The summed E-state index contributed by atoms with van der Waals surface area (Å²) in [6.45, 7) is 5.52. The maximum Gasteiger partial charge on any atom is 0.245 e. The van der Waals surface area contributed by atoms with Gasteiger partial charge in [0.1, 0.15) is 24.0 Å². The van der Waals surface area contributed by atoms with E-state index in [1.807, 2.05) is 6.92 Å². The molecule has 0 aromatic rings. The maximum absolute atomic E-state index is 12.1. The van der Waals surface area contributed by atoms with Crippen LogP contribution < -0.4 is 21.8 Å². The molecule has 0 saturated carbocycles. The number of unbranched alkanes of at least 4 members (excludes halogenated alkanes) is 13. The molecule has 10 nitrogen and oxygen atoms in total. The van der Waals surface area contributed by atoms with Gasteiger partial charge in [0.2, 0.25) is 5.91 Å². The van der Waals surface area contributed by atoms with Crippen molar-refractivity contribution in [2.45, 2.75) is 142 Å². The Morgan fingerprint density at radius 3 is 1.95 bits per heavy atom. The molecule has 1 atom stereocenters. The van der Waals surface area contributed by atoms with E-state index in [9.17, 15) is 14.4 Å². The highest BCUT2D eigenvalue weighted by Gasteiger charge is 2.07. The third-order valence-corrected chi connectivity index (χ3v) is 7.75. The molecule has 1 heterocycles. The molecule has 0 saturated heterocycles. The largest absolute Gasteiger partial charge is 0.379 e. The molecule has 1 rings (SSSR count). The second-order valence-corrected chi connectivity index (χ2v) is 11.7. The van der Waals surface area contributed by atoms with Gasteiger partial charge in [0.05, 0.1) is 13.2 Å². The van der Waals surface area contributed by atoms with E-state index >= 15 is 0 Å². The summed E-state index contributed by atoms with van der Waals surface area (Å²) in [6, 6.07) is 0. The first-order chi connectivity index (χ1) is 20.5. The number of ether oxygens (including phenoxy) is 2. The van der Waals surface area contributed by atoms with Gasteiger partial charge < -0.3 is 14.8 Å². The predicted molar refractivity (Wildman–Crippen MR) is 169 cm³/mol. The molecule has 42 heavy (non-hydrogen) atoms. The number of ketones is 2. The summed E-state index contributed by atoms with van der Waals surface area (Å²) in [6.07, 6.45) is 22.2. The Morgan fingerprint density at radius 1 is 0.738 bits per heavy atom. The lowest BCUT2D eigenvalue weighted by molar-refractivity contribution is -0.126. The third-order valence-electron chi connectivity index (χ3n) is 7.75. The third kappa shape index (κ3) is 24.5. The lowest BCUT2D eigenvalue weighted by Crippen LogP contribution is -2.34. The van der Waals surface area contributed by atoms with Crippen molar-refractivity contribution < 1.29 is 23.9 Å². The summed E-state index contributed by atoms with van der Waals surface area (Å²) >= 11 is 0. The number of nitrogens with one attached hydrogen (secondary N) is 4. The van der Waals surface area contributed by atoms with Crippen LogP contribution in [0.2, 0.25) is 0 Å². The van der Waals surface area contributed by atoms with Gasteiger partial charge in [0.15, 0.2) is 0 Å². The fraction of sp³-hybridized carbons (Fsp3) is 0.875. The quantitative estimate of drug-likeness (QED) is 0.0756. The van der Waals surface area contributed by atoms with Crippen molar-refractivity contribution in [2.24, 2.45) is 11.0 Å². The number of nitrogens with zero attached hydrogens (tertiary/aromatic N) is 1. The molecule has 0 aliphatic carbocycles. The summed E-state index contributed by atoms with van der Waals surface area (Å²) in [7, 11) is 0. The summed E-state index contributed by atoms with van der Waals surface area (Å²) in [4.78, 5) is 35.0. The summed E-state index contributed by atoms with van der Waals surface area (Å²) < 4.78 is 10.9. The molecular formula is C32H61N5O5. The minimum Gasteiger partial charge on any atom is -0.379 e. The molecule has 1 aliphatic heterocycles. The maximum atomic E-state index is 12.1. The highest BCUT2D eigenvalue weighted by atomic mass is 16.5. The van der Waals surface area contributed by atoms with E-state index in [1.54, 1.807) is 6.92 Å². The first-order valence-electron chi connectivity index (χ1n) is 16.8. The fourth-order valence-electron chi connectivity index (χ4n) is 4.84. The van der Waals surface area contributed by atoms with E-state index in [0.29, 0.717) is 45.0 Å². The normalized spacial score (nSPS) is 13.3. The number of Topliss-reactive ketones (excluding diaryl/α,β-unsaturated/α-hetero) is 2. The smallest absolute Gasteiger partial charge is 0.245 e. The number of rotatable bonds is 31. The molecule has 1 aliphatic rings. The molecule has 4 N–H and O–H groups in total. The topological polar surface area (TPSA) is 130 Å². The molecule has 0 aromatic heterocycles. The van der Waals surface area contributed by atoms with Crippen LogP contribution in [-0.4, -0.2) is 56.3 Å². The van der Waals surface area contributed by atoms with Crippen molar-refractivity contribution >= 4 is 23.3 Å². The van der Waals surface area contributed by atoms with Crippen LogP contribution in [0.5, 0.6) is 0 Å². The van der Waals surface area contributed by atoms with E-state index in [2.05, 4.69) is 26.9 Å². The Balaban J connectivity index is 1.72. The average molecular weight is 596 g/mol. The lowest BCUT2D eigenvalue weighted by atomic mass is 10.0. The second kappa shape index (κ2) is 27.8. The van der Waals surface area contributed by atoms with E-state index < -0.39 is 0 Å². The molecule has 0 fully saturated rings. The second-order valence-electron chi connectivity index (χ2n) is 11.7. The highest BCUT2D eigenvalue weighted by Crippen LogP contribution is 2.14. The van der Waals surface area contributed by atoms with Crippen LogP contribution in [0.4, 0.5) is 0 Å². The molecule has 0 spiro atoms. The summed E-state index contributed by atoms with van der Waals surface area (Å²) in [5.74, 6) is 1.52. The highest BCUT2D eigenvalue weighted by molar-refractivity contribution is 5.82. The van der Waals surface area contributed by atoms with E-state index in [-0.39, 0.29) is 24.2 Å². The number of hydrogen-bond acceptors (Lipinski definition) is 9. The van der Waals surface area contributed by atoms with Crippen molar-refractivity contribution in [3.63, 3.8) is 0 Å². The van der Waals surface area contributed by atoms with E-state index in [4.69, 9.17) is 9.47 Å². The number of carbonyl (C=O) groups excluding carboxylic acids is 3. The van der Waals surface area contributed by atoms with Gasteiger partial charge in [-0.1, -0.05) is 84.0 Å². The van der Waals surface area contributed by atoms with Gasteiger partial charge in [-0.25, -0.2) is 5.53 Å². The Labute approximate surface area is 255 Å². The standard InChI is InChI=1S/C32H61N5O5/c1-28(29(2)38)19-16-17-23-33-32(40)27-42-26-25-41-24-18-21-30(39)20-14-12-10-8-6-4-3-5-7-9-11-13-15-22-31-34-36-37-35-31/h28,36-37H,3-27H2,1-2H3,(H,33,40)(H,34,35)/t28-/m0/s1. The predicted octanol–water partition coefficient (Wildman–Crippen LogP) is 5.66. The van der Waals surface area contributed by atoms with Crippen molar-refractivity contribution in [1.82, 2.24) is 21.8 Å². The Kier molecular flexibility index (Phi) is 25.1. The van der Waals surface area contributed by atoms with E-state index in [0.717, 1.165) is 50.8 Å². The Bertz CT molecular complexity index is 734. The van der Waals surface area contributed by atoms with Crippen LogP contribution in [0, 0.1) is 5.92 Å². The number of hydrazine groups is 2. The number of carbonyl (C=O) groups is 3. The van der Waals surface area contributed by atoms with Crippen LogP contribution in [0.3, 0.4) is 0 Å². The molecule has 0 unspecified atom stereocenters. The van der Waals surface area contributed by atoms with Gasteiger partial charge in [-0.05, 0) is 39.0 Å². The molecule has 0 bridgehead atoms. The average Bonchev–Trinajstić information content (AvgIpc) is 3.49.